The number of hydrogen-bond acceptors (Lipinski definition) is 0. The molecule has 0 saturated heterocycles. The molecule has 0 unspecified atom stereocenters. The van der Waals surface area contributed by atoms with Crippen LogP contribution >= 0.6 is 0 Å². The molecular weight excluding hydrogens is 156 g/mol. The standard InChI is InChI=1S/C13H26/c1-11(13(5,6)7)9-8-10-12(2,3)4/h1,8-10H2,2-7H3. The van der Waals surface area contributed by atoms with Crippen molar-refractivity contribution in [2.75, 3.05) is 0 Å². The van der Waals surface area contributed by atoms with Crippen molar-refractivity contribution in [1.82, 2.24) is 0 Å². The Morgan fingerprint density at radius 1 is 1.00 bits per heavy atom. The van der Waals surface area contributed by atoms with Crippen LogP contribution in [0.25, 0.3) is 0 Å². The van der Waals surface area contributed by atoms with Crippen molar-refractivity contribution in [2.24, 2.45) is 10.8 Å². The molecule has 78 valence electrons. The van der Waals surface area contributed by atoms with Gasteiger partial charge >= 0.3 is 0 Å². The van der Waals surface area contributed by atoms with Crippen LogP contribution in [0.4, 0.5) is 0 Å². The van der Waals surface area contributed by atoms with Gasteiger partial charge in [-0.3, -0.25) is 0 Å². The van der Waals surface area contributed by atoms with E-state index in [0.29, 0.717) is 5.41 Å². The molecule has 13 heavy (non-hydrogen) atoms. The molecule has 0 fully saturated rings. The second kappa shape index (κ2) is 4.30. The SMILES string of the molecule is C=C(CCCC(C)(C)C)C(C)(C)C. The lowest BCUT2D eigenvalue weighted by atomic mass is 9.82. The highest BCUT2D eigenvalue weighted by molar-refractivity contribution is 5.04. The molecular formula is C13H26. The van der Waals surface area contributed by atoms with Gasteiger partial charge in [-0.1, -0.05) is 53.7 Å². The van der Waals surface area contributed by atoms with Crippen LogP contribution in [0.1, 0.15) is 60.8 Å². The van der Waals surface area contributed by atoms with Crippen LogP contribution in [0.15, 0.2) is 12.2 Å². The summed E-state index contributed by atoms with van der Waals surface area (Å²) in [5.41, 5.74) is 2.15. The Balaban J connectivity index is 3.74. The first-order valence-electron chi connectivity index (χ1n) is 5.31. The first-order chi connectivity index (χ1) is 5.63. The van der Waals surface area contributed by atoms with E-state index in [2.05, 4.69) is 48.1 Å². The molecule has 0 heteroatoms. The fraction of sp³-hybridized carbons (Fsp3) is 0.846. The minimum Gasteiger partial charge on any atom is -0.0993 e. The normalized spacial score (nSPS) is 13.1. The van der Waals surface area contributed by atoms with Crippen molar-refractivity contribution < 1.29 is 0 Å². The van der Waals surface area contributed by atoms with Gasteiger partial charge in [0.1, 0.15) is 0 Å². The fourth-order valence-electron chi connectivity index (χ4n) is 1.21. The van der Waals surface area contributed by atoms with Crippen LogP contribution in [0, 0.1) is 10.8 Å². The van der Waals surface area contributed by atoms with Crippen molar-refractivity contribution in [3.05, 3.63) is 12.2 Å². The first-order valence-corrected chi connectivity index (χ1v) is 5.31. The summed E-state index contributed by atoms with van der Waals surface area (Å²) in [7, 11) is 0. The average molecular weight is 182 g/mol. The molecule has 0 aromatic rings. The predicted molar refractivity (Wildman–Crippen MR) is 61.9 cm³/mol. The molecule has 0 atom stereocenters. The Morgan fingerprint density at radius 2 is 1.46 bits per heavy atom. The Hall–Kier alpha value is -0.260. The maximum Gasteiger partial charge on any atom is -0.0176 e. The van der Waals surface area contributed by atoms with Gasteiger partial charge in [0.15, 0.2) is 0 Å². The summed E-state index contributed by atoms with van der Waals surface area (Å²) < 4.78 is 0. The monoisotopic (exact) mass is 182 g/mol. The summed E-state index contributed by atoms with van der Waals surface area (Å²) in [6.07, 6.45) is 3.75. The van der Waals surface area contributed by atoms with Crippen molar-refractivity contribution in [3.8, 4) is 0 Å². The maximum atomic E-state index is 4.15. The van der Waals surface area contributed by atoms with Crippen LogP contribution in [-0.4, -0.2) is 0 Å². The van der Waals surface area contributed by atoms with Gasteiger partial charge in [-0.25, -0.2) is 0 Å². The number of hydrogen-bond donors (Lipinski definition) is 0. The smallest absolute Gasteiger partial charge is 0.0176 e. The van der Waals surface area contributed by atoms with Crippen molar-refractivity contribution in [3.63, 3.8) is 0 Å². The summed E-state index contributed by atoms with van der Waals surface area (Å²) in [6.45, 7) is 17.8. The van der Waals surface area contributed by atoms with Crippen LogP contribution in [0.3, 0.4) is 0 Å². The van der Waals surface area contributed by atoms with Gasteiger partial charge in [0.05, 0.1) is 0 Å². The highest BCUT2D eigenvalue weighted by Gasteiger charge is 2.15. The third kappa shape index (κ3) is 6.86. The zero-order valence-corrected chi connectivity index (χ0v) is 10.3. The van der Waals surface area contributed by atoms with Crippen LogP contribution in [0.5, 0.6) is 0 Å². The van der Waals surface area contributed by atoms with E-state index in [1.165, 1.54) is 24.8 Å². The summed E-state index contributed by atoms with van der Waals surface area (Å²) >= 11 is 0. The van der Waals surface area contributed by atoms with Crippen molar-refractivity contribution in [2.45, 2.75) is 60.8 Å². The van der Waals surface area contributed by atoms with E-state index in [1.54, 1.807) is 0 Å². The lowest BCUT2D eigenvalue weighted by Gasteiger charge is -2.24. The van der Waals surface area contributed by atoms with Crippen LogP contribution in [0.2, 0.25) is 0 Å². The van der Waals surface area contributed by atoms with Gasteiger partial charge in [0.25, 0.3) is 0 Å². The number of allylic oxidation sites excluding steroid dienone is 1. The molecule has 0 aromatic carbocycles. The lowest BCUT2D eigenvalue weighted by molar-refractivity contribution is 0.357. The second-order valence-corrected chi connectivity index (χ2v) is 6.27. The third-order valence-electron chi connectivity index (χ3n) is 2.47. The van der Waals surface area contributed by atoms with Gasteiger partial charge in [-0.15, -0.1) is 0 Å². The fourth-order valence-corrected chi connectivity index (χ4v) is 1.21. The van der Waals surface area contributed by atoms with E-state index in [4.69, 9.17) is 0 Å². The Bertz CT molecular complexity index is 161. The predicted octanol–water partition coefficient (Wildman–Crippen LogP) is 4.81. The second-order valence-electron chi connectivity index (χ2n) is 6.27. The minimum atomic E-state index is 0.290. The summed E-state index contributed by atoms with van der Waals surface area (Å²) in [5, 5.41) is 0. The maximum absolute atomic E-state index is 4.15. The van der Waals surface area contributed by atoms with E-state index >= 15 is 0 Å². The largest absolute Gasteiger partial charge is 0.0993 e. The molecule has 0 heterocycles. The summed E-state index contributed by atoms with van der Waals surface area (Å²) in [4.78, 5) is 0. The van der Waals surface area contributed by atoms with Gasteiger partial charge in [-0.2, -0.15) is 0 Å². The minimum absolute atomic E-state index is 0.290. The molecule has 0 spiro atoms. The zero-order chi connectivity index (χ0) is 10.7. The summed E-state index contributed by atoms with van der Waals surface area (Å²) in [6, 6.07) is 0. The Morgan fingerprint density at radius 3 is 1.77 bits per heavy atom. The van der Waals surface area contributed by atoms with Crippen LogP contribution in [-0.2, 0) is 0 Å². The van der Waals surface area contributed by atoms with Gasteiger partial charge < -0.3 is 0 Å². The van der Waals surface area contributed by atoms with Gasteiger partial charge in [-0.05, 0) is 30.1 Å². The van der Waals surface area contributed by atoms with E-state index in [-0.39, 0.29) is 5.41 Å². The van der Waals surface area contributed by atoms with E-state index in [1.807, 2.05) is 0 Å². The first kappa shape index (κ1) is 12.7. The molecule has 0 radical (unpaired) electrons. The zero-order valence-electron chi connectivity index (χ0n) is 10.3. The highest BCUT2D eigenvalue weighted by Crippen LogP contribution is 2.30. The molecule has 0 rings (SSSR count). The van der Waals surface area contributed by atoms with E-state index in [0.717, 1.165) is 0 Å². The third-order valence-corrected chi connectivity index (χ3v) is 2.47. The average Bonchev–Trinajstić information content (AvgIpc) is 1.82. The molecule has 0 aliphatic heterocycles. The molecule has 0 aliphatic rings. The van der Waals surface area contributed by atoms with E-state index in [9.17, 15) is 0 Å². The molecule has 0 N–H and O–H groups in total. The van der Waals surface area contributed by atoms with Crippen molar-refractivity contribution >= 4 is 0 Å². The molecule has 0 aliphatic carbocycles. The Kier molecular flexibility index (Phi) is 4.22. The highest BCUT2D eigenvalue weighted by atomic mass is 14.2. The van der Waals surface area contributed by atoms with Crippen molar-refractivity contribution in [1.29, 1.82) is 0 Å². The molecule has 0 aromatic heterocycles. The van der Waals surface area contributed by atoms with Gasteiger partial charge in [0, 0.05) is 0 Å². The molecule has 0 amide bonds. The topological polar surface area (TPSA) is 0 Å². The quantitative estimate of drug-likeness (QED) is 0.550. The van der Waals surface area contributed by atoms with Crippen LogP contribution < -0.4 is 0 Å². The van der Waals surface area contributed by atoms with E-state index < -0.39 is 0 Å². The van der Waals surface area contributed by atoms with Gasteiger partial charge in [0.2, 0.25) is 0 Å². The molecule has 0 bridgehead atoms. The summed E-state index contributed by atoms with van der Waals surface area (Å²) in [5.74, 6) is 0. The number of rotatable bonds is 3. The lowest BCUT2D eigenvalue weighted by Crippen LogP contribution is -2.10. The molecule has 0 saturated carbocycles. The Labute approximate surface area is 84.4 Å². The molecule has 0 nitrogen and oxygen atoms in total.